The van der Waals surface area contributed by atoms with Crippen LogP contribution in [0, 0.1) is 0 Å². The van der Waals surface area contributed by atoms with Gasteiger partial charge in [0.25, 0.3) is 5.91 Å². The van der Waals surface area contributed by atoms with Gasteiger partial charge < -0.3 is 14.5 Å². The van der Waals surface area contributed by atoms with E-state index in [0.717, 1.165) is 31.7 Å². The summed E-state index contributed by atoms with van der Waals surface area (Å²) in [5.74, 6) is -0.104. The monoisotopic (exact) mass is 474 g/mol. The van der Waals surface area contributed by atoms with Gasteiger partial charge in [0.1, 0.15) is 5.76 Å². The van der Waals surface area contributed by atoms with Crippen molar-refractivity contribution < 1.29 is 19.1 Å². The van der Waals surface area contributed by atoms with E-state index in [0.29, 0.717) is 54.0 Å². The van der Waals surface area contributed by atoms with Crippen LogP contribution < -0.4 is 0 Å². The predicted molar refractivity (Wildman–Crippen MR) is 132 cm³/mol. The second kappa shape index (κ2) is 9.71. The van der Waals surface area contributed by atoms with Gasteiger partial charge in [-0.2, -0.15) is 0 Å². The number of fused-ring (bicyclic) bond motifs is 1. The van der Waals surface area contributed by atoms with Crippen molar-refractivity contribution >= 4 is 28.8 Å². The number of nitrogens with zero attached hydrogens (tertiary/aromatic N) is 4. The number of rotatable bonds is 6. The Bertz CT molecular complexity index is 1180. The fourth-order valence-corrected chi connectivity index (χ4v) is 4.93. The highest BCUT2D eigenvalue weighted by Gasteiger charge is 2.43. The maximum absolute atomic E-state index is 13.7. The van der Waals surface area contributed by atoms with Crippen molar-refractivity contribution in [3.05, 3.63) is 65.0 Å². The molecule has 0 saturated carbocycles. The number of ether oxygens (including phenoxy) is 1. The molecule has 3 aliphatic rings. The Kier molecular flexibility index (Phi) is 6.49. The molecule has 5 rings (SSSR count). The highest BCUT2D eigenvalue weighted by Crippen LogP contribution is 2.38. The van der Waals surface area contributed by atoms with E-state index in [1.807, 2.05) is 20.2 Å². The molecule has 0 spiro atoms. The molecule has 182 valence electrons. The minimum Gasteiger partial charge on any atom is -0.471 e. The molecule has 0 radical (unpaired) electrons. The molecular weight excluding hydrogens is 444 g/mol. The van der Waals surface area contributed by atoms with Crippen molar-refractivity contribution in [2.45, 2.75) is 18.9 Å². The SMILES string of the molecule is CN(C)CCN1CCN(C(=O)C2OC(c3ccncc3)=C(c3ccc4c(c3)CCC4=O)C2=O)CC1. The van der Waals surface area contributed by atoms with E-state index in [4.69, 9.17) is 4.74 Å². The van der Waals surface area contributed by atoms with E-state index in [9.17, 15) is 14.4 Å². The van der Waals surface area contributed by atoms with Gasteiger partial charge in [-0.15, -0.1) is 0 Å². The lowest BCUT2D eigenvalue weighted by atomic mass is 9.94. The van der Waals surface area contributed by atoms with Crippen LogP contribution in [0.2, 0.25) is 0 Å². The Morgan fingerprint density at radius 2 is 1.77 bits per heavy atom. The average molecular weight is 475 g/mol. The third kappa shape index (κ3) is 4.63. The molecule has 1 saturated heterocycles. The van der Waals surface area contributed by atoms with E-state index in [1.165, 1.54) is 0 Å². The third-order valence-electron chi connectivity index (χ3n) is 6.98. The zero-order valence-electron chi connectivity index (χ0n) is 20.2. The van der Waals surface area contributed by atoms with Crippen molar-refractivity contribution in [2.24, 2.45) is 0 Å². The largest absolute Gasteiger partial charge is 0.471 e. The molecule has 35 heavy (non-hydrogen) atoms. The molecule has 2 aliphatic heterocycles. The van der Waals surface area contributed by atoms with Crippen LogP contribution in [0.15, 0.2) is 42.7 Å². The number of hydrogen-bond donors (Lipinski definition) is 0. The lowest BCUT2D eigenvalue weighted by molar-refractivity contribution is -0.145. The van der Waals surface area contributed by atoms with Gasteiger partial charge in [0.15, 0.2) is 5.78 Å². The van der Waals surface area contributed by atoms with E-state index in [1.54, 1.807) is 41.6 Å². The standard InChI is InChI=1S/C27H30N4O4/c1-29(2)11-12-30-13-15-31(16-14-30)27(34)26-24(33)23(25(35-26)18-7-9-28-10-8-18)20-3-5-21-19(17-20)4-6-22(21)32/h3,5,7-10,17,26H,4,6,11-16H2,1-2H3. The Morgan fingerprint density at radius 3 is 2.49 bits per heavy atom. The van der Waals surface area contributed by atoms with Crippen LogP contribution in [0.5, 0.6) is 0 Å². The molecular formula is C27H30N4O4. The number of aryl methyl sites for hydroxylation is 1. The molecule has 0 N–H and O–H groups in total. The first kappa shape index (κ1) is 23.4. The van der Waals surface area contributed by atoms with Gasteiger partial charge in [-0.1, -0.05) is 18.2 Å². The summed E-state index contributed by atoms with van der Waals surface area (Å²) in [6.07, 6.45) is 3.22. The topological polar surface area (TPSA) is 83.0 Å². The number of carbonyl (C=O) groups is 3. The van der Waals surface area contributed by atoms with Crippen LogP contribution in [-0.4, -0.2) is 96.6 Å². The molecule has 1 fully saturated rings. The third-order valence-corrected chi connectivity index (χ3v) is 6.98. The Labute approximate surface area is 205 Å². The van der Waals surface area contributed by atoms with Crippen molar-refractivity contribution in [3.8, 4) is 0 Å². The van der Waals surface area contributed by atoms with Gasteiger partial charge >= 0.3 is 0 Å². The number of Topliss-reactive ketones (excluding diaryl/α,β-unsaturated/α-hetero) is 2. The number of amides is 1. The summed E-state index contributed by atoms with van der Waals surface area (Å²) in [7, 11) is 4.10. The molecule has 8 heteroatoms. The van der Waals surface area contributed by atoms with Gasteiger partial charge in [-0.05, 0) is 43.8 Å². The quantitative estimate of drug-likeness (QED) is 0.590. The molecule has 1 aliphatic carbocycles. The van der Waals surface area contributed by atoms with Crippen LogP contribution in [0.3, 0.4) is 0 Å². The zero-order chi connectivity index (χ0) is 24.5. The lowest BCUT2D eigenvalue weighted by Crippen LogP contribution is -2.53. The molecule has 1 amide bonds. The van der Waals surface area contributed by atoms with Crippen LogP contribution in [0.4, 0.5) is 0 Å². The van der Waals surface area contributed by atoms with E-state index in [-0.39, 0.29) is 17.5 Å². The minimum atomic E-state index is -1.20. The molecule has 8 nitrogen and oxygen atoms in total. The maximum Gasteiger partial charge on any atom is 0.271 e. The Hall–Kier alpha value is -3.36. The summed E-state index contributed by atoms with van der Waals surface area (Å²) in [4.78, 5) is 49.5. The number of likely N-dealkylation sites (N-methyl/N-ethyl adjacent to an activating group) is 1. The van der Waals surface area contributed by atoms with Crippen LogP contribution >= 0.6 is 0 Å². The van der Waals surface area contributed by atoms with Gasteiger partial charge in [0.05, 0.1) is 5.57 Å². The first-order valence-electron chi connectivity index (χ1n) is 12.1. The molecule has 1 aromatic heterocycles. The fraction of sp³-hybridized carbons (Fsp3) is 0.407. The Balaban J connectivity index is 1.39. The molecule has 2 aromatic rings. The summed E-state index contributed by atoms with van der Waals surface area (Å²) in [6, 6.07) is 9.02. The lowest BCUT2D eigenvalue weighted by Gasteiger charge is -2.35. The summed E-state index contributed by atoms with van der Waals surface area (Å²) < 4.78 is 6.11. The fourth-order valence-electron chi connectivity index (χ4n) is 4.93. The van der Waals surface area contributed by atoms with Crippen molar-refractivity contribution in [3.63, 3.8) is 0 Å². The summed E-state index contributed by atoms with van der Waals surface area (Å²) in [5.41, 5.74) is 3.42. The van der Waals surface area contributed by atoms with E-state index in [2.05, 4.69) is 14.8 Å². The van der Waals surface area contributed by atoms with Gasteiger partial charge in [0.2, 0.25) is 11.9 Å². The number of hydrogen-bond acceptors (Lipinski definition) is 7. The molecule has 1 aromatic carbocycles. The smallest absolute Gasteiger partial charge is 0.271 e. The van der Waals surface area contributed by atoms with Crippen LogP contribution in [0.25, 0.3) is 11.3 Å². The minimum absolute atomic E-state index is 0.127. The van der Waals surface area contributed by atoms with Crippen molar-refractivity contribution in [1.29, 1.82) is 0 Å². The highest BCUT2D eigenvalue weighted by molar-refractivity contribution is 6.36. The van der Waals surface area contributed by atoms with Gasteiger partial charge in [0, 0.05) is 69.2 Å². The number of benzene rings is 1. The second-order valence-electron chi connectivity index (χ2n) is 9.57. The van der Waals surface area contributed by atoms with E-state index >= 15 is 0 Å². The van der Waals surface area contributed by atoms with Crippen molar-refractivity contribution in [2.75, 3.05) is 53.4 Å². The second-order valence-corrected chi connectivity index (χ2v) is 9.57. The summed E-state index contributed by atoms with van der Waals surface area (Å²) in [6.45, 7) is 4.61. The molecule has 1 atom stereocenters. The number of ketones is 2. The normalized spacial score (nSPS) is 20.5. The Morgan fingerprint density at radius 1 is 1.03 bits per heavy atom. The summed E-state index contributed by atoms with van der Waals surface area (Å²) in [5, 5.41) is 0. The number of aromatic nitrogens is 1. The van der Waals surface area contributed by atoms with Crippen molar-refractivity contribution in [1.82, 2.24) is 19.7 Å². The van der Waals surface area contributed by atoms with Gasteiger partial charge in [-0.3, -0.25) is 24.3 Å². The molecule has 1 unspecified atom stereocenters. The number of piperazine rings is 1. The van der Waals surface area contributed by atoms with Crippen LogP contribution in [0.1, 0.15) is 33.5 Å². The number of carbonyl (C=O) groups excluding carboxylic acids is 3. The van der Waals surface area contributed by atoms with Gasteiger partial charge in [-0.25, -0.2) is 0 Å². The first-order valence-corrected chi connectivity index (χ1v) is 12.1. The molecule has 0 bridgehead atoms. The first-order chi connectivity index (χ1) is 16.9. The van der Waals surface area contributed by atoms with E-state index < -0.39 is 6.10 Å². The average Bonchev–Trinajstić information content (AvgIpc) is 3.42. The highest BCUT2D eigenvalue weighted by atomic mass is 16.5. The van der Waals surface area contributed by atoms with Crippen LogP contribution in [-0.2, 0) is 20.7 Å². The maximum atomic E-state index is 13.7. The summed E-state index contributed by atoms with van der Waals surface area (Å²) >= 11 is 0. The number of pyridine rings is 1. The predicted octanol–water partition coefficient (Wildman–Crippen LogP) is 1.75. The molecule has 3 heterocycles. The zero-order valence-corrected chi connectivity index (χ0v) is 20.2.